The lowest BCUT2D eigenvalue weighted by molar-refractivity contribution is 0.470. The molecule has 0 amide bonds. The van der Waals surface area contributed by atoms with Crippen molar-refractivity contribution in [2.45, 2.75) is 18.8 Å². The molecular formula is C24H25N3. The van der Waals surface area contributed by atoms with Gasteiger partial charge in [0, 0.05) is 49.2 Å². The largest absolute Gasteiger partial charge is 0.371 e. The van der Waals surface area contributed by atoms with Gasteiger partial charge in [0.15, 0.2) is 0 Å². The Labute approximate surface area is 160 Å². The number of fused-ring (bicyclic) bond motifs is 3. The Morgan fingerprint density at radius 2 is 1.85 bits per heavy atom. The number of nitrogens with zero attached hydrogens (tertiary/aromatic N) is 1. The van der Waals surface area contributed by atoms with Gasteiger partial charge in [-0.1, -0.05) is 30.3 Å². The lowest BCUT2D eigenvalue weighted by atomic mass is 9.80. The Balaban J connectivity index is 1.41. The van der Waals surface area contributed by atoms with Crippen molar-refractivity contribution in [1.29, 1.82) is 0 Å². The monoisotopic (exact) mass is 355 g/mol. The third kappa shape index (κ3) is 2.53. The van der Waals surface area contributed by atoms with E-state index in [1.54, 1.807) is 11.3 Å². The maximum Gasteiger partial charge on any atom is 0.0436 e. The zero-order valence-corrected chi connectivity index (χ0v) is 15.5. The fourth-order valence-electron chi connectivity index (χ4n) is 5.41. The summed E-state index contributed by atoms with van der Waals surface area (Å²) in [6.45, 7) is 4.75. The predicted octanol–water partition coefficient (Wildman–Crippen LogP) is 4.65. The summed E-state index contributed by atoms with van der Waals surface area (Å²) < 4.78 is 0. The standard InChI is InChI=1S/C24H25N3/c1-2-5-17-10-20(8-7-16(17)4-1)26-21-11-18-6-3-9-27-15-19-13-25-14-23(19)22(12-21)24(18)27/h1-2,4-5,7-8,10-12,19,23,25-26H,3,6,9,13-15H2/t19-,23-/m1/s1. The number of aryl methyl sites for hydroxylation is 1. The molecule has 1 saturated heterocycles. The van der Waals surface area contributed by atoms with Crippen molar-refractivity contribution in [3.8, 4) is 0 Å². The second-order valence-electron chi connectivity index (χ2n) is 8.33. The lowest BCUT2D eigenvalue weighted by Gasteiger charge is -2.42. The molecule has 3 aromatic carbocycles. The number of hydrogen-bond acceptors (Lipinski definition) is 3. The Morgan fingerprint density at radius 3 is 2.81 bits per heavy atom. The fourth-order valence-corrected chi connectivity index (χ4v) is 5.41. The molecule has 0 radical (unpaired) electrons. The van der Waals surface area contributed by atoms with Crippen LogP contribution in [0.25, 0.3) is 10.8 Å². The Morgan fingerprint density at radius 1 is 0.926 bits per heavy atom. The van der Waals surface area contributed by atoms with E-state index in [2.05, 4.69) is 70.1 Å². The maximum atomic E-state index is 3.70. The highest BCUT2D eigenvalue weighted by molar-refractivity contribution is 5.86. The summed E-state index contributed by atoms with van der Waals surface area (Å²) in [7, 11) is 0. The molecule has 0 spiro atoms. The van der Waals surface area contributed by atoms with E-state index in [4.69, 9.17) is 0 Å². The fraction of sp³-hybridized carbons (Fsp3) is 0.333. The quantitative estimate of drug-likeness (QED) is 0.700. The molecule has 3 aliphatic heterocycles. The predicted molar refractivity (Wildman–Crippen MR) is 113 cm³/mol. The molecule has 2 N–H and O–H groups in total. The Hall–Kier alpha value is -2.52. The summed E-state index contributed by atoms with van der Waals surface area (Å²) in [6, 6.07) is 20.0. The Kier molecular flexibility index (Phi) is 3.45. The van der Waals surface area contributed by atoms with Gasteiger partial charge in [0.1, 0.15) is 0 Å². The molecule has 136 valence electrons. The normalized spacial score (nSPS) is 23.2. The summed E-state index contributed by atoms with van der Waals surface area (Å²) in [5, 5.41) is 9.91. The zero-order chi connectivity index (χ0) is 17.8. The zero-order valence-electron chi connectivity index (χ0n) is 15.5. The van der Waals surface area contributed by atoms with E-state index in [1.165, 1.54) is 53.6 Å². The molecule has 3 nitrogen and oxygen atoms in total. The van der Waals surface area contributed by atoms with Gasteiger partial charge in [0.05, 0.1) is 0 Å². The first-order valence-corrected chi connectivity index (χ1v) is 10.2. The number of nitrogens with one attached hydrogen (secondary N) is 2. The van der Waals surface area contributed by atoms with Crippen LogP contribution in [0.3, 0.4) is 0 Å². The molecule has 2 atom stereocenters. The van der Waals surface area contributed by atoms with Crippen LogP contribution < -0.4 is 15.5 Å². The van der Waals surface area contributed by atoms with Crippen LogP contribution in [0.2, 0.25) is 0 Å². The Bertz CT molecular complexity index is 1030. The molecule has 0 aromatic heterocycles. The molecule has 0 aliphatic carbocycles. The van der Waals surface area contributed by atoms with Gasteiger partial charge in [-0.25, -0.2) is 0 Å². The van der Waals surface area contributed by atoms with E-state index in [1.807, 2.05) is 0 Å². The lowest BCUT2D eigenvalue weighted by Crippen LogP contribution is -2.40. The summed E-state index contributed by atoms with van der Waals surface area (Å²) in [6.07, 6.45) is 2.48. The van der Waals surface area contributed by atoms with Crippen LogP contribution in [-0.4, -0.2) is 26.2 Å². The van der Waals surface area contributed by atoms with Crippen LogP contribution >= 0.6 is 0 Å². The summed E-state index contributed by atoms with van der Waals surface area (Å²) >= 11 is 0. The van der Waals surface area contributed by atoms with Crippen LogP contribution in [0.4, 0.5) is 17.1 Å². The summed E-state index contributed by atoms with van der Waals surface area (Å²) in [4.78, 5) is 2.65. The highest BCUT2D eigenvalue weighted by Crippen LogP contribution is 2.46. The van der Waals surface area contributed by atoms with Crippen molar-refractivity contribution in [3.05, 3.63) is 65.7 Å². The van der Waals surface area contributed by atoms with Crippen LogP contribution in [0.5, 0.6) is 0 Å². The van der Waals surface area contributed by atoms with Gasteiger partial charge in [0.25, 0.3) is 0 Å². The van der Waals surface area contributed by atoms with E-state index in [9.17, 15) is 0 Å². The first kappa shape index (κ1) is 15.5. The van der Waals surface area contributed by atoms with E-state index >= 15 is 0 Å². The van der Waals surface area contributed by atoms with E-state index in [0.717, 1.165) is 19.0 Å². The number of anilines is 3. The summed E-state index contributed by atoms with van der Waals surface area (Å²) in [5.74, 6) is 1.44. The molecule has 1 fully saturated rings. The average Bonchev–Trinajstić information content (AvgIpc) is 3.17. The van der Waals surface area contributed by atoms with Crippen molar-refractivity contribution in [2.75, 3.05) is 36.4 Å². The maximum absolute atomic E-state index is 3.70. The second-order valence-corrected chi connectivity index (χ2v) is 8.33. The van der Waals surface area contributed by atoms with Gasteiger partial charge < -0.3 is 15.5 Å². The van der Waals surface area contributed by atoms with E-state index < -0.39 is 0 Å². The molecule has 6 rings (SSSR count). The molecule has 27 heavy (non-hydrogen) atoms. The van der Waals surface area contributed by atoms with Gasteiger partial charge in [0.2, 0.25) is 0 Å². The minimum Gasteiger partial charge on any atom is -0.371 e. The highest BCUT2D eigenvalue weighted by atomic mass is 15.2. The van der Waals surface area contributed by atoms with Gasteiger partial charge in [-0.3, -0.25) is 0 Å². The molecule has 3 aliphatic rings. The van der Waals surface area contributed by atoms with Gasteiger partial charge in [-0.15, -0.1) is 0 Å². The van der Waals surface area contributed by atoms with E-state index in [0.29, 0.717) is 5.92 Å². The van der Waals surface area contributed by atoms with Crippen molar-refractivity contribution >= 4 is 27.8 Å². The first-order valence-electron chi connectivity index (χ1n) is 10.2. The highest BCUT2D eigenvalue weighted by Gasteiger charge is 2.38. The van der Waals surface area contributed by atoms with Crippen LogP contribution in [-0.2, 0) is 6.42 Å². The third-order valence-corrected chi connectivity index (χ3v) is 6.64. The molecule has 3 aromatic rings. The average molecular weight is 355 g/mol. The third-order valence-electron chi connectivity index (χ3n) is 6.64. The molecular weight excluding hydrogens is 330 g/mol. The molecule has 3 heteroatoms. The summed E-state index contributed by atoms with van der Waals surface area (Å²) in [5.41, 5.74) is 7.07. The number of rotatable bonds is 2. The molecule has 0 saturated carbocycles. The SMILES string of the molecule is c1ccc2cc(Nc3cc4c5c(c3)[C@@H]3CNC[C@@H]3CN5CCC4)ccc2c1. The number of hydrogen-bond donors (Lipinski definition) is 2. The van der Waals surface area contributed by atoms with Crippen molar-refractivity contribution in [2.24, 2.45) is 5.92 Å². The van der Waals surface area contributed by atoms with Crippen molar-refractivity contribution < 1.29 is 0 Å². The van der Waals surface area contributed by atoms with Gasteiger partial charge in [-0.2, -0.15) is 0 Å². The second kappa shape index (κ2) is 6.00. The first-order chi connectivity index (χ1) is 13.3. The molecule has 0 unspecified atom stereocenters. The van der Waals surface area contributed by atoms with Crippen molar-refractivity contribution in [1.82, 2.24) is 5.32 Å². The minimum atomic E-state index is 0.673. The smallest absolute Gasteiger partial charge is 0.0436 e. The van der Waals surface area contributed by atoms with Gasteiger partial charge in [-0.05, 0) is 64.9 Å². The van der Waals surface area contributed by atoms with Gasteiger partial charge >= 0.3 is 0 Å². The van der Waals surface area contributed by atoms with Crippen LogP contribution in [0.1, 0.15) is 23.5 Å². The molecule has 0 bridgehead atoms. The van der Waals surface area contributed by atoms with Crippen molar-refractivity contribution in [3.63, 3.8) is 0 Å². The number of benzene rings is 3. The van der Waals surface area contributed by atoms with Crippen LogP contribution in [0, 0.1) is 5.92 Å². The molecule has 3 heterocycles. The minimum absolute atomic E-state index is 0.673. The van der Waals surface area contributed by atoms with E-state index in [-0.39, 0.29) is 0 Å². The van der Waals surface area contributed by atoms with Crippen LogP contribution in [0.15, 0.2) is 54.6 Å². The topological polar surface area (TPSA) is 27.3 Å².